The van der Waals surface area contributed by atoms with E-state index in [0.29, 0.717) is 6.42 Å². The summed E-state index contributed by atoms with van der Waals surface area (Å²) in [7, 11) is 0. The highest BCUT2D eigenvalue weighted by molar-refractivity contribution is 5.77. The van der Waals surface area contributed by atoms with Crippen molar-refractivity contribution in [1.82, 2.24) is 0 Å². The first-order valence-electron chi connectivity index (χ1n) is 5.56. The second-order valence-electron chi connectivity index (χ2n) is 3.74. The molecule has 0 amide bonds. The van der Waals surface area contributed by atoms with Crippen LogP contribution in [0.5, 0.6) is 0 Å². The molecule has 0 spiro atoms. The van der Waals surface area contributed by atoms with Crippen LogP contribution in [0.1, 0.15) is 37.7 Å². The highest BCUT2D eigenvalue weighted by atomic mass is 17.0. The summed E-state index contributed by atoms with van der Waals surface area (Å²) in [6.45, 7) is 2.00. The van der Waals surface area contributed by atoms with Crippen molar-refractivity contribution >= 4 is 5.97 Å². The monoisotopic (exact) mass is 237 g/mol. The van der Waals surface area contributed by atoms with Crippen LogP contribution in [0.25, 0.3) is 0 Å². The van der Waals surface area contributed by atoms with Crippen LogP contribution in [0.4, 0.5) is 0 Å². The lowest BCUT2D eigenvalue weighted by Crippen LogP contribution is -2.19. The molecule has 1 aromatic rings. The lowest BCUT2D eigenvalue weighted by atomic mass is 9.94. The molecule has 92 valence electrons. The summed E-state index contributed by atoms with van der Waals surface area (Å²) in [5.74, 6) is -1.35. The molecule has 0 aliphatic rings. The highest BCUT2D eigenvalue weighted by Gasteiger charge is 2.23. The quantitative estimate of drug-likeness (QED) is 0.563. The van der Waals surface area contributed by atoms with Crippen LogP contribution >= 0.6 is 0 Å². The van der Waals surface area contributed by atoms with Gasteiger partial charge in [-0.2, -0.15) is 0 Å². The maximum atomic E-state index is 11.6. The van der Waals surface area contributed by atoms with Gasteiger partial charge in [0.15, 0.2) is 0 Å². The van der Waals surface area contributed by atoms with Gasteiger partial charge in [-0.15, -0.1) is 10.1 Å². The number of unbranched alkanes of at least 4 members (excludes halogenated alkanes) is 1. The molecule has 1 rings (SSSR count). The zero-order valence-electron chi connectivity index (χ0n) is 9.67. The van der Waals surface area contributed by atoms with Gasteiger partial charge in [0.05, 0.1) is 5.92 Å². The Bertz CT molecular complexity index is 377. The normalized spacial score (nSPS) is 11.8. The lowest BCUT2D eigenvalue weighted by Gasteiger charge is -2.13. The van der Waals surface area contributed by atoms with Crippen molar-refractivity contribution in [2.45, 2.75) is 32.1 Å². The van der Waals surface area contributed by atoms with Gasteiger partial charge in [-0.1, -0.05) is 50.1 Å². The predicted molar refractivity (Wildman–Crippen MR) is 61.8 cm³/mol. The van der Waals surface area contributed by atoms with Crippen LogP contribution in [0.2, 0.25) is 0 Å². The fraction of sp³-hybridized carbons (Fsp3) is 0.417. The summed E-state index contributed by atoms with van der Waals surface area (Å²) in [6, 6.07) is 8.99. The molecule has 0 radical (unpaired) electrons. The summed E-state index contributed by atoms with van der Waals surface area (Å²) in [4.78, 5) is 25.8. The first kappa shape index (κ1) is 13.2. The van der Waals surface area contributed by atoms with E-state index in [-0.39, 0.29) is 0 Å². The molecule has 17 heavy (non-hydrogen) atoms. The van der Waals surface area contributed by atoms with Crippen LogP contribution in [0.15, 0.2) is 30.3 Å². The third-order valence-corrected chi connectivity index (χ3v) is 2.50. The zero-order valence-corrected chi connectivity index (χ0v) is 9.67. The van der Waals surface area contributed by atoms with E-state index in [2.05, 4.69) is 4.84 Å². The maximum Gasteiger partial charge on any atom is 0.311 e. The Hall–Kier alpha value is -1.91. The van der Waals surface area contributed by atoms with Gasteiger partial charge in [-0.05, 0) is 12.0 Å². The van der Waals surface area contributed by atoms with Crippen LogP contribution in [-0.2, 0) is 9.63 Å². The number of benzene rings is 1. The van der Waals surface area contributed by atoms with Crippen LogP contribution < -0.4 is 0 Å². The number of rotatable bonds is 6. The van der Waals surface area contributed by atoms with E-state index >= 15 is 0 Å². The van der Waals surface area contributed by atoms with Gasteiger partial charge in [0.25, 0.3) is 0 Å². The minimum atomic E-state index is -1.05. The molecule has 0 heterocycles. The van der Waals surface area contributed by atoms with E-state index in [4.69, 9.17) is 0 Å². The van der Waals surface area contributed by atoms with Gasteiger partial charge in [-0.3, -0.25) is 4.79 Å². The van der Waals surface area contributed by atoms with Gasteiger partial charge in [0, 0.05) is 0 Å². The Balaban J connectivity index is 2.80. The van der Waals surface area contributed by atoms with Crippen molar-refractivity contribution in [3.63, 3.8) is 0 Å². The number of nitrogens with zero attached hydrogens (tertiary/aromatic N) is 1. The van der Waals surface area contributed by atoms with Gasteiger partial charge in [0.2, 0.25) is 0 Å². The SMILES string of the molecule is CCCCC(C(=O)O[N+](=O)[O-])c1ccccc1. The van der Waals surface area contributed by atoms with Crippen molar-refractivity contribution in [3.05, 3.63) is 46.0 Å². The van der Waals surface area contributed by atoms with E-state index in [0.717, 1.165) is 18.4 Å². The number of hydrogen-bond acceptors (Lipinski definition) is 4. The second kappa shape index (κ2) is 6.62. The van der Waals surface area contributed by atoms with E-state index in [1.165, 1.54) is 0 Å². The molecule has 5 heteroatoms. The predicted octanol–water partition coefficient (Wildman–Crippen LogP) is 2.70. The summed E-state index contributed by atoms with van der Waals surface area (Å²) < 4.78 is 0. The highest BCUT2D eigenvalue weighted by Crippen LogP contribution is 2.23. The molecule has 1 unspecified atom stereocenters. The van der Waals surface area contributed by atoms with Crippen molar-refractivity contribution in [2.75, 3.05) is 0 Å². The first-order valence-corrected chi connectivity index (χ1v) is 5.56. The fourth-order valence-electron chi connectivity index (χ4n) is 1.65. The molecule has 1 atom stereocenters. The van der Waals surface area contributed by atoms with Gasteiger partial charge in [-0.25, -0.2) is 4.84 Å². The van der Waals surface area contributed by atoms with Crippen LogP contribution in [0.3, 0.4) is 0 Å². The van der Waals surface area contributed by atoms with Crippen LogP contribution in [-0.4, -0.2) is 11.1 Å². The molecule has 0 aliphatic heterocycles. The lowest BCUT2D eigenvalue weighted by molar-refractivity contribution is -0.730. The van der Waals surface area contributed by atoms with E-state index in [1.807, 2.05) is 13.0 Å². The number of carbonyl (C=O) groups excluding carboxylic acids is 1. The number of hydrogen-bond donors (Lipinski definition) is 0. The van der Waals surface area contributed by atoms with Gasteiger partial charge >= 0.3 is 11.1 Å². The molecular weight excluding hydrogens is 222 g/mol. The van der Waals surface area contributed by atoms with E-state index < -0.39 is 17.0 Å². The third kappa shape index (κ3) is 4.22. The maximum absolute atomic E-state index is 11.6. The van der Waals surface area contributed by atoms with Crippen molar-refractivity contribution in [3.8, 4) is 0 Å². The summed E-state index contributed by atoms with van der Waals surface area (Å²) >= 11 is 0. The fourth-order valence-corrected chi connectivity index (χ4v) is 1.65. The first-order chi connectivity index (χ1) is 8.15. The summed E-state index contributed by atoms with van der Waals surface area (Å²) in [5.41, 5.74) is 0.757. The Morgan fingerprint density at radius 3 is 2.59 bits per heavy atom. The van der Waals surface area contributed by atoms with Gasteiger partial charge in [0.1, 0.15) is 0 Å². The Labute approximate surface area is 99.5 Å². The van der Waals surface area contributed by atoms with Crippen molar-refractivity contribution in [2.24, 2.45) is 0 Å². The molecule has 0 N–H and O–H groups in total. The Kier molecular flexibility index (Phi) is 5.13. The Morgan fingerprint density at radius 2 is 2.06 bits per heavy atom. The molecule has 0 aliphatic carbocycles. The second-order valence-corrected chi connectivity index (χ2v) is 3.74. The topological polar surface area (TPSA) is 69.4 Å². The minimum absolute atomic E-state index is 0.554. The average molecular weight is 237 g/mol. The molecule has 0 aromatic heterocycles. The smallest absolute Gasteiger partial charge is 0.268 e. The van der Waals surface area contributed by atoms with Crippen LogP contribution in [0, 0.1) is 10.1 Å². The summed E-state index contributed by atoms with van der Waals surface area (Å²) in [6.07, 6.45) is 2.31. The van der Waals surface area contributed by atoms with Crippen molar-refractivity contribution < 1.29 is 14.7 Å². The molecule has 5 nitrogen and oxygen atoms in total. The third-order valence-electron chi connectivity index (χ3n) is 2.50. The standard InChI is InChI=1S/C12H15NO4/c1-2-3-9-11(12(14)17-13(15)16)10-7-5-4-6-8-10/h4-8,11H,2-3,9H2,1H3. The molecule has 1 aromatic carbocycles. The molecule has 0 saturated heterocycles. The molecular formula is C12H15NO4. The Morgan fingerprint density at radius 1 is 1.41 bits per heavy atom. The van der Waals surface area contributed by atoms with Gasteiger partial charge < -0.3 is 0 Å². The largest absolute Gasteiger partial charge is 0.311 e. The summed E-state index contributed by atoms with van der Waals surface area (Å²) in [5, 5.41) is 9.13. The molecule has 0 fully saturated rings. The van der Waals surface area contributed by atoms with Crippen molar-refractivity contribution in [1.29, 1.82) is 0 Å². The molecule has 0 saturated carbocycles. The average Bonchev–Trinajstić information content (AvgIpc) is 2.30. The zero-order chi connectivity index (χ0) is 12.7. The van der Waals surface area contributed by atoms with E-state index in [9.17, 15) is 14.9 Å². The minimum Gasteiger partial charge on any atom is -0.268 e. The molecule has 0 bridgehead atoms. The van der Waals surface area contributed by atoms with E-state index in [1.54, 1.807) is 24.3 Å². The number of carbonyl (C=O) groups is 1.